The number of likely N-dealkylation sites (tertiary alicyclic amines) is 2. The first-order chi connectivity index (χ1) is 17.1. The molecule has 3 aliphatic heterocycles. The SMILES string of the molecule is CCN1CCC(CC(=O)c2nn(C(=O)CN3CCCC3)c3nc(N4CCCCCC4)ccc23)CC1. The van der Waals surface area contributed by atoms with E-state index in [1.807, 2.05) is 12.1 Å². The zero-order chi connectivity index (χ0) is 24.2. The Morgan fingerprint density at radius 1 is 0.886 bits per heavy atom. The molecular weight excluding hydrogens is 440 g/mol. The van der Waals surface area contributed by atoms with E-state index < -0.39 is 0 Å². The molecule has 0 bridgehead atoms. The molecule has 0 unspecified atom stereocenters. The van der Waals surface area contributed by atoms with Gasteiger partial charge in [-0.1, -0.05) is 19.8 Å². The van der Waals surface area contributed by atoms with Gasteiger partial charge in [-0.2, -0.15) is 9.78 Å². The summed E-state index contributed by atoms with van der Waals surface area (Å²) in [6, 6.07) is 3.99. The van der Waals surface area contributed by atoms with Gasteiger partial charge in [0.25, 0.3) is 5.91 Å². The largest absolute Gasteiger partial charge is 0.357 e. The van der Waals surface area contributed by atoms with Gasteiger partial charge < -0.3 is 9.80 Å². The van der Waals surface area contributed by atoms with Crippen LogP contribution in [0, 0.1) is 5.92 Å². The number of hydrogen-bond acceptors (Lipinski definition) is 7. The first kappa shape index (κ1) is 24.4. The average molecular weight is 481 g/mol. The van der Waals surface area contributed by atoms with Crippen molar-refractivity contribution in [1.82, 2.24) is 24.6 Å². The number of carbonyl (C=O) groups is 2. The van der Waals surface area contributed by atoms with E-state index in [1.54, 1.807) is 0 Å². The van der Waals surface area contributed by atoms with Gasteiger partial charge in [-0.3, -0.25) is 14.5 Å². The van der Waals surface area contributed by atoms with Crippen LogP contribution in [0.3, 0.4) is 0 Å². The van der Waals surface area contributed by atoms with Crippen LogP contribution in [0.2, 0.25) is 0 Å². The maximum Gasteiger partial charge on any atom is 0.263 e. The lowest BCUT2D eigenvalue weighted by Crippen LogP contribution is -2.34. The third-order valence-electron chi connectivity index (χ3n) is 8.13. The highest BCUT2D eigenvalue weighted by molar-refractivity contribution is 6.07. The lowest BCUT2D eigenvalue weighted by molar-refractivity contribution is 0.0850. The van der Waals surface area contributed by atoms with Gasteiger partial charge in [0.1, 0.15) is 11.5 Å². The quantitative estimate of drug-likeness (QED) is 0.557. The number of ketones is 1. The number of pyridine rings is 1. The standard InChI is InChI=1S/C27H40N6O2/c1-2-30-17-11-21(12-18-30)19-23(34)26-22-9-10-24(32-15-5-3-4-6-16-32)28-27(22)33(29-26)25(35)20-31-13-7-8-14-31/h9-10,21H,2-8,11-20H2,1H3. The minimum atomic E-state index is -0.0901. The maximum atomic E-state index is 13.4. The number of hydrogen-bond donors (Lipinski definition) is 0. The van der Waals surface area contributed by atoms with E-state index in [0.29, 0.717) is 35.6 Å². The van der Waals surface area contributed by atoms with Gasteiger partial charge in [-0.15, -0.1) is 0 Å². The number of aromatic nitrogens is 3. The summed E-state index contributed by atoms with van der Waals surface area (Å²) in [7, 11) is 0. The summed E-state index contributed by atoms with van der Waals surface area (Å²) in [5.41, 5.74) is 0.961. The molecule has 3 saturated heterocycles. The van der Waals surface area contributed by atoms with Crippen molar-refractivity contribution in [1.29, 1.82) is 0 Å². The fourth-order valence-corrected chi connectivity index (χ4v) is 5.91. The molecule has 8 nitrogen and oxygen atoms in total. The second kappa shape index (κ2) is 11.2. The van der Waals surface area contributed by atoms with E-state index in [4.69, 9.17) is 4.98 Å². The molecule has 0 saturated carbocycles. The van der Waals surface area contributed by atoms with Gasteiger partial charge >= 0.3 is 0 Å². The van der Waals surface area contributed by atoms with E-state index in [2.05, 4.69) is 26.7 Å². The van der Waals surface area contributed by atoms with Crippen LogP contribution in [-0.2, 0) is 0 Å². The number of Topliss-reactive ketones (excluding diaryl/α,β-unsaturated/α-hetero) is 1. The lowest BCUT2D eigenvalue weighted by Gasteiger charge is -2.30. The second-order valence-electron chi connectivity index (χ2n) is 10.6. The average Bonchev–Trinajstić information content (AvgIpc) is 3.44. The Bertz CT molecular complexity index is 1030. The topological polar surface area (TPSA) is 74.6 Å². The zero-order valence-electron chi connectivity index (χ0n) is 21.3. The van der Waals surface area contributed by atoms with E-state index in [-0.39, 0.29) is 11.7 Å². The van der Waals surface area contributed by atoms with E-state index >= 15 is 0 Å². The van der Waals surface area contributed by atoms with Crippen LogP contribution in [-0.4, -0.2) is 88.6 Å². The monoisotopic (exact) mass is 480 g/mol. The van der Waals surface area contributed by atoms with Crippen molar-refractivity contribution >= 4 is 28.5 Å². The molecule has 0 radical (unpaired) electrons. The Morgan fingerprint density at radius 3 is 2.26 bits per heavy atom. The van der Waals surface area contributed by atoms with Gasteiger partial charge in [0.2, 0.25) is 0 Å². The van der Waals surface area contributed by atoms with Gasteiger partial charge in [0.05, 0.1) is 11.9 Å². The molecule has 0 atom stereocenters. The van der Waals surface area contributed by atoms with Crippen molar-refractivity contribution in [2.75, 3.05) is 57.3 Å². The van der Waals surface area contributed by atoms with Gasteiger partial charge in [-0.25, -0.2) is 4.98 Å². The fraction of sp³-hybridized carbons (Fsp3) is 0.704. The highest BCUT2D eigenvalue weighted by Crippen LogP contribution is 2.27. The molecule has 0 spiro atoms. The summed E-state index contributed by atoms with van der Waals surface area (Å²) in [5.74, 6) is 1.23. The Morgan fingerprint density at radius 2 is 1.57 bits per heavy atom. The molecule has 0 aromatic carbocycles. The second-order valence-corrected chi connectivity index (χ2v) is 10.6. The number of rotatable bonds is 7. The normalized spacial score (nSPS) is 21.0. The maximum absolute atomic E-state index is 13.4. The summed E-state index contributed by atoms with van der Waals surface area (Å²) in [5, 5.41) is 5.35. The molecule has 2 aromatic heterocycles. The predicted octanol–water partition coefficient (Wildman–Crippen LogP) is 3.85. The van der Waals surface area contributed by atoms with Crippen LogP contribution < -0.4 is 4.90 Å². The summed E-state index contributed by atoms with van der Waals surface area (Å²) in [4.78, 5) is 38.7. The van der Waals surface area contributed by atoms with Crippen molar-refractivity contribution in [2.24, 2.45) is 5.92 Å². The van der Waals surface area contributed by atoms with Gasteiger partial charge in [0, 0.05) is 19.5 Å². The highest BCUT2D eigenvalue weighted by atomic mass is 16.2. The summed E-state index contributed by atoms with van der Waals surface area (Å²) < 4.78 is 1.43. The van der Waals surface area contributed by atoms with Crippen LogP contribution in [0.15, 0.2) is 12.1 Å². The molecule has 0 amide bonds. The van der Waals surface area contributed by atoms with Crippen LogP contribution >= 0.6 is 0 Å². The lowest BCUT2D eigenvalue weighted by atomic mass is 9.90. The van der Waals surface area contributed by atoms with Gasteiger partial charge in [-0.05, 0) is 89.3 Å². The molecule has 0 N–H and O–H groups in total. The van der Waals surface area contributed by atoms with Gasteiger partial charge in [0.15, 0.2) is 11.4 Å². The highest BCUT2D eigenvalue weighted by Gasteiger charge is 2.27. The number of fused-ring (bicyclic) bond motifs is 1. The summed E-state index contributed by atoms with van der Waals surface area (Å²) in [6.45, 7) is 9.55. The Labute approximate surface area is 208 Å². The number of nitrogens with zero attached hydrogens (tertiary/aromatic N) is 6. The molecule has 190 valence electrons. The molecule has 2 aromatic rings. The van der Waals surface area contributed by atoms with Crippen molar-refractivity contribution in [3.63, 3.8) is 0 Å². The number of piperidine rings is 1. The van der Waals surface area contributed by atoms with Crippen molar-refractivity contribution in [3.05, 3.63) is 17.8 Å². The molecule has 5 rings (SSSR count). The Balaban J connectivity index is 1.42. The van der Waals surface area contributed by atoms with Crippen LogP contribution in [0.5, 0.6) is 0 Å². The van der Waals surface area contributed by atoms with E-state index in [1.165, 1.54) is 17.5 Å². The first-order valence-electron chi connectivity index (χ1n) is 13.8. The van der Waals surface area contributed by atoms with Crippen LogP contribution in [0.4, 0.5) is 5.82 Å². The molecule has 35 heavy (non-hydrogen) atoms. The van der Waals surface area contributed by atoms with Crippen molar-refractivity contribution in [2.45, 2.75) is 64.7 Å². The predicted molar refractivity (Wildman–Crippen MR) is 138 cm³/mol. The Kier molecular flexibility index (Phi) is 7.78. The third-order valence-corrected chi connectivity index (χ3v) is 8.13. The molecule has 8 heteroatoms. The minimum Gasteiger partial charge on any atom is -0.357 e. The summed E-state index contributed by atoms with van der Waals surface area (Å²) >= 11 is 0. The molecule has 0 aliphatic carbocycles. The Hall–Kier alpha value is -2.32. The molecule has 3 fully saturated rings. The minimum absolute atomic E-state index is 0.0435. The van der Waals surface area contributed by atoms with Crippen molar-refractivity contribution < 1.29 is 9.59 Å². The smallest absolute Gasteiger partial charge is 0.263 e. The molecule has 5 heterocycles. The van der Waals surface area contributed by atoms with Crippen molar-refractivity contribution in [3.8, 4) is 0 Å². The molecule has 3 aliphatic rings. The van der Waals surface area contributed by atoms with Crippen LogP contribution in [0.1, 0.15) is 80.0 Å². The number of anilines is 1. The zero-order valence-corrected chi connectivity index (χ0v) is 21.3. The first-order valence-corrected chi connectivity index (χ1v) is 13.8. The fourth-order valence-electron chi connectivity index (χ4n) is 5.91. The number of carbonyl (C=O) groups excluding carboxylic acids is 2. The van der Waals surface area contributed by atoms with E-state index in [9.17, 15) is 9.59 Å². The summed E-state index contributed by atoms with van der Waals surface area (Å²) in [6.07, 6.45) is 9.67. The van der Waals surface area contributed by atoms with Crippen LogP contribution in [0.25, 0.3) is 11.0 Å². The molecular formula is C27H40N6O2. The van der Waals surface area contributed by atoms with E-state index in [0.717, 1.165) is 90.2 Å². The third kappa shape index (κ3) is 5.59.